The number of amides is 2. The van der Waals surface area contributed by atoms with Gasteiger partial charge in [-0.2, -0.15) is 0 Å². The summed E-state index contributed by atoms with van der Waals surface area (Å²) < 4.78 is 0. The fourth-order valence-electron chi connectivity index (χ4n) is 3.36. The van der Waals surface area contributed by atoms with Crippen LogP contribution in [-0.2, 0) is 0 Å². The molecule has 0 spiro atoms. The molecule has 0 bridgehead atoms. The van der Waals surface area contributed by atoms with Crippen molar-refractivity contribution in [3.63, 3.8) is 0 Å². The predicted molar refractivity (Wildman–Crippen MR) is 96.0 cm³/mol. The van der Waals surface area contributed by atoms with Crippen molar-refractivity contribution in [2.75, 3.05) is 5.32 Å². The SMILES string of the molecule is CC(C)c1cc(NC(N)=O)c(C(C)C)c(C(C)C)c1C(C)C. The lowest BCUT2D eigenvalue weighted by atomic mass is 9.77. The summed E-state index contributed by atoms with van der Waals surface area (Å²) in [5.41, 5.74) is 11.6. The van der Waals surface area contributed by atoms with Gasteiger partial charge in [0.2, 0.25) is 0 Å². The second kappa shape index (κ2) is 7.17. The van der Waals surface area contributed by atoms with Gasteiger partial charge in [-0.1, -0.05) is 55.4 Å². The molecule has 1 aromatic rings. The third-order valence-corrected chi connectivity index (χ3v) is 4.09. The first-order valence-electron chi connectivity index (χ1n) is 8.34. The lowest BCUT2D eigenvalue weighted by molar-refractivity contribution is 0.259. The lowest BCUT2D eigenvalue weighted by Crippen LogP contribution is -2.22. The minimum atomic E-state index is -0.497. The maximum Gasteiger partial charge on any atom is 0.316 e. The Labute approximate surface area is 135 Å². The summed E-state index contributed by atoms with van der Waals surface area (Å²) in [5, 5.41) is 2.85. The fraction of sp³-hybridized carbons (Fsp3) is 0.632. The third-order valence-electron chi connectivity index (χ3n) is 4.09. The van der Waals surface area contributed by atoms with E-state index >= 15 is 0 Å². The van der Waals surface area contributed by atoms with Crippen LogP contribution in [0.5, 0.6) is 0 Å². The molecule has 3 N–H and O–H groups in total. The number of nitrogens with two attached hydrogens (primary N) is 1. The van der Waals surface area contributed by atoms with E-state index in [-0.39, 0.29) is 0 Å². The van der Waals surface area contributed by atoms with Gasteiger partial charge in [0, 0.05) is 5.69 Å². The molecule has 1 rings (SSSR count). The highest BCUT2D eigenvalue weighted by Gasteiger charge is 2.24. The highest BCUT2D eigenvalue weighted by atomic mass is 16.2. The molecule has 0 saturated heterocycles. The molecule has 22 heavy (non-hydrogen) atoms. The second-order valence-electron chi connectivity index (χ2n) is 7.36. The summed E-state index contributed by atoms with van der Waals surface area (Å²) in [6.07, 6.45) is 0. The van der Waals surface area contributed by atoms with E-state index in [0.717, 1.165) is 5.69 Å². The number of benzene rings is 1. The Morgan fingerprint density at radius 3 is 1.59 bits per heavy atom. The van der Waals surface area contributed by atoms with Crippen LogP contribution in [0.2, 0.25) is 0 Å². The van der Waals surface area contributed by atoms with Crippen molar-refractivity contribution >= 4 is 11.7 Å². The molecule has 0 atom stereocenters. The summed E-state index contributed by atoms with van der Waals surface area (Å²) >= 11 is 0. The molecule has 0 unspecified atom stereocenters. The summed E-state index contributed by atoms with van der Waals surface area (Å²) in [6.45, 7) is 17.7. The Morgan fingerprint density at radius 1 is 0.818 bits per heavy atom. The van der Waals surface area contributed by atoms with Gasteiger partial charge in [-0.25, -0.2) is 4.79 Å². The smallest absolute Gasteiger partial charge is 0.316 e. The average molecular weight is 304 g/mol. The summed E-state index contributed by atoms with van der Waals surface area (Å²) in [5.74, 6) is 1.60. The first-order valence-corrected chi connectivity index (χ1v) is 8.34. The second-order valence-corrected chi connectivity index (χ2v) is 7.36. The van der Waals surface area contributed by atoms with Crippen LogP contribution in [0.4, 0.5) is 10.5 Å². The molecule has 0 heterocycles. The van der Waals surface area contributed by atoms with Crippen molar-refractivity contribution in [1.29, 1.82) is 0 Å². The van der Waals surface area contributed by atoms with Crippen LogP contribution >= 0.6 is 0 Å². The molecule has 0 aliphatic carbocycles. The van der Waals surface area contributed by atoms with E-state index in [0.29, 0.717) is 23.7 Å². The van der Waals surface area contributed by atoms with E-state index in [1.54, 1.807) is 0 Å². The maximum absolute atomic E-state index is 11.4. The summed E-state index contributed by atoms with van der Waals surface area (Å²) in [7, 11) is 0. The number of primary amides is 1. The van der Waals surface area contributed by atoms with Crippen molar-refractivity contribution in [3.05, 3.63) is 28.3 Å². The molecule has 0 aliphatic heterocycles. The number of nitrogens with one attached hydrogen (secondary N) is 1. The third kappa shape index (κ3) is 3.82. The zero-order chi connectivity index (χ0) is 17.2. The van der Waals surface area contributed by atoms with Gasteiger partial charge in [-0.3, -0.25) is 0 Å². The van der Waals surface area contributed by atoms with Crippen LogP contribution in [0, 0.1) is 0 Å². The molecule has 3 heteroatoms. The van der Waals surface area contributed by atoms with E-state index < -0.39 is 6.03 Å². The number of rotatable bonds is 5. The van der Waals surface area contributed by atoms with Crippen LogP contribution in [0.15, 0.2) is 6.07 Å². The van der Waals surface area contributed by atoms with E-state index in [2.05, 4.69) is 66.8 Å². The molecule has 2 amide bonds. The van der Waals surface area contributed by atoms with Gasteiger partial charge in [0.05, 0.1) is 0 Å². The zero-order valence-corrected chi connectivity index (χ0v) is 15.4. The van der Waals surface area contributed by atoms with Crippen LogP contribution in [-0.4, -0.2) is 6.03 Å². The molecule has 124 valence electrons. The Balaban J connectivity index is 3.84. The van der Waals surface area contributed by atoms with Gasteiger partial charge in [-0.15, -0.1) is 0 Å². The average Bonchev–Trinajstić information content (AvgIpc) is 2.35. The van der Waals surface area contributed by atoms with Crippen LogP contribution in [0.3, 0.4) is 0 Å². The molecule has 0 saturated carbocycles. The first-order chi connectivity index (χ1) is 10.1. The monoisotopic (exact) mass is 304 g/mol. The van der Waals surface area contributed by atoms with E-state index in [4.69, 9.17) is 5.73 Å². The largest absolute Gasteiger partial charge is 0.351 e. The quantitative estimate of drug-likeness (QED) is 0.723. The Kier molecular flexibility index (Phi) is 6.04. The molecule has 0 fully saturated rings. The van der Waals surface area contributed by atoms with Gasteiger partial charge < -0.3 is 11.1 Å². The molecule has 0 radical (unpaired) electrons. The molecule has 1 aromatic carbocycles. The van der Waals surface area contributed by atoms with Crippen molar-refractivity contribution in [2.24, 2.45) is 5.73 Å². The van der Waals surface area contributed by atoms with Crippen molar-refractivity contribution in [3.8, 4) is 0 Å². The van der Waals surface area contributed by atoms with E-state index in [9.17, 15) is 4.79 Å². The van der Waals surface area contributed by atoms with Gasteiger partial charge in [0.15, 0.2) is 0 Å². The summed E-state index contributed by atoms with van der Waals surface area (Å²) in [4.78, 5) is 11.4. The van der Waals surface area contributed by atoms with Gasteiger partial charge in [0.1, 0.15) is 0 Å². The minimum absolute atomic E-state index is 0.331. The number of urea groups is 1. The Bertz CT molecular complexity index is 543. The normalized spacial score (nSPS) is 11.8. The van der Waals surface area contributed by atoms with Gasteiger partial charge >= 0.3 is 6.03 Å². The predicted octanol–water partition coefficient (Wildman–Crippen LogP) is 5.67. The van der Waals surface area contributed by atoms with Crippen LogP contribution in [0.25, 0.3) is 0 Å². The molecular weight excluding hydrogens is 272 g/mol. The molecule has 0 aromatic heterocycles. The number of anilines is 1. The number of carbonyl (C=O) groups excluding carboxylic acids is 1. The van der Waals surface area contributed by atoms with E-state index in [1.807, 2.05) is 0 Å². The van der Waals surface area contributed by atoms with Crippen molar-refractivity contribution in [1.82, 2.24) is 0 Å². The Hall–Kier alpha value is -1.51. The maximum atomic E-state index is 11.4. The van der Waals surface area contributed by atoms with Gasteiger partial charge in [0.25, 0.3) is 0 Å². The molecule has 0 aliphatic rings. The summed E-state index contributed by atoms with van der Waals surface area (Å²) in [6, 6.07) is 1.63. The highest BCUT2D eigenvalue weighted by Crippen LogP contribution is 2.42. The molecular formula is C19H32N2O. The standard InChI is InChI=1S/C19H32N2O/c1-10(2)14-9-15(21-19(20)22)17(12(5)6)18(13(7)8)16(14)11(3)4/h9-13H,1-8H3,(H3,20,21,22). The highest BCUT2D eigenvalue weighted by molar-refractivity contribution is 5.89. The van der Waals surface area contributed by atoms with Crippen molar-refractivity contribution < 1.29 is 4.79 Å². The van der Waals surface area contributed by atoms with Gasteiger partial charge in [-0.05, 0) is 52.0 Å². The fourth-order valence-corrected chi connectivity index (χ4v) is 3.36. The first kappa shape index (κ1) is 18.5. The number of hydrogen-bond donors (Lipinski definition) is 2. The van der Waals surface area contributed by atoms with E-state index in [1.165, 1.54) is 22.3 Å². The van der Waals surface area contributed by atoms with Crippen LogP contribution < -0.4 is 11.1 Å². The molecule has 3 nitrogen and oxygen atoms in total. The lowest BCUT2D eigenvalue weighted by Gasteiger charge is -2.29. The Morgan fingerprint density at radius 2 is 1.27 bits per heavy atom. The van der Waals surface area contributed by atoms with Crippen LogP contribution in [0.1, 0.15) is 101 Å². The number of hydrogen-bond acceptors (Lipinski definition) is 1. The topological polar surface area (TPSA) is 55.1 Å². The minimum Gasteiger partial charge on any atom is -0.351 e. The zero-order valence-electron chi connectivity index (χ0n) is 15.4. The number of carbonyl (C=O) groups is 1. The van der Waals surface area contributed by atoms with Crippen molar-refractivity contribution in [2.45, 2.75) is 79.1 Å².